The lowest BCUT2D eigenvalue weighted by atomic mass is 9.88. The van der Waals surface area contributed by atoms with E-state index in [1.807, 2.05) is 12.1 Å². The van der Waals surface area contributed by atoms with Gasteiger partial charge in [0.15, 0.2) is 0 Å². The minimum Gasteiger partial charge on any atom is -0.497 e. The molecule has 2 aliphatic rings. The summed E-state index contributed by atoms with van der Waals surface area (Å²) in [5.41, 5.74) is 1.35. The molecule has 2 aliphatic heterocycles. The third-order valence-corrected chi connectivity index (χ3v) is 5.97. The molecule has 1 atom stereocenters. The number of aliphatic hydroxyl groups excluding tert-OH is 1. The topological polar surface area (TPSA) is 73.2 Å². The van der Waals surface area contributed by atoms with E-state index in [1.165, 1.54) is 10.5 Å². The predicted octanol–water partition coefficient (Wildman–Crippen LogP) is 2.97. The fraction of sp³-hybridized carbons (Fsp3) is 0.650. The Hall–Kier alpha value is -1.79. The normalized spacial score (nSPS) is 21.5. The molecule has 144 valence electrons. The summed E-state index contributed by atoms with van der Waals surface area (Å²) in [6, 6.07) is 8.32. The number of aliphatic hydroxyl groups is 1. The molecule has 1 amide bonds. The lowest BCUT2D eigenvalue weighted by molar-refractivity contribution is -0.0317. The molecule has 0 spiro atoms. The van der Waals surface area contributed by atoms with Crippen LogP contribution in [0.25, 0.3) is 0 Å². The van der Waals surface area contributed by atoms with Gasteiger partial charge in [0.05, 0.1) is 7.11 Å². The van der Waals surface area contributed by atoms with Gasteiger partial charge in [0, 0.05) is 26.2 Å². The van der Waals surface area contributed by atoms with Crippen molar-refractivity contribution in [3.8, 4) is 5.75 Å². The standard InChI is InChI=1S/C20H30N2O4/c1-26-18-4-2-16(3-5-18)17-8-12-21(13-9-17)19(23)14-15-6-10-22(11-7-15)20(24)25/h2-5,15,17,19,23H,6-14H2,1H3,(H,24,25). The van der Waals surface area contributed by atoms with Crippen LogP contribution in [0.3, 0.4) is 0 Å². The number of piperidine rings is 2. The highest BCUT2D eigenvalue weighted by atomic mass is 16.5. The first-order chi connectivity index (χ1) is 12.6. The smallest absolute Gasteiger partial charge is 0.407 e. The Kier molecular flexibility index (Phi) is 6.38. The molecule has 0 aliphatic carbocycles. The number of rotatable bonds is 5. The van der Waals surface area contributed by atoms with Gasteiger partial charge in [-0.05, 0) is 61.6 Å². The van der Waals surface area contributed by atoms with Gasteiger partial charge in [-0.3, -0.25) is 4.90 Å². The summed E-state index contributed by atoms with van der Waals surface area (Å²) in [5.74, 6) is 1.85. The van der Waals surface area contributed by atoms with Gasteiger partial charge in [-0.25, -0.2) is 4.79 Å². The van der Waals surface area contributed by atoms with Crippen LogP contribution in [0.15, 0.2) is 24.3 Å². The first-order valence-electron chi connectivity index (χ1n) is 9.60. The van der Waals surface area contributed by atoms with Crippen LogP contribution in [-0.4, -0.2) is 65.6 Å². The van der Waals surface area contributed by atoms with Crippen LogP contribution < -0.4 is 4.74 Å². The van der Waals surface area contributed by atoms with Crippen molar-refractivity contribution < 1.29 is 19.7 Å². The van der Waals surface area contributed by atoms with Crippen molar-refractivity contribution in [3.05, 3.63) is 29.8 Å². The molecular weight excluding hydrogens is 332 g/mol. The largest absolute Gasteiger partial charge is 0.497 e. The molecule has 0 bridgehead atoms. The Bertz CT molecular complexity index is 576. The average Bonchev–Trinajstić information content (AvgIpc) is 2.68. The van der Waals surface area contributed by atoms with Crippen molar-refractivity contribution in [1.82, 2.24) is 9.80 Å². The average molecular weight is 362 g/mol. The Morgan fingerprint density at radius 1 is 1.12 bits per heavy atom. The van der Waals surface area contributed by atoms with E-state index in [0.717, 1.165) is 50.9 Å². The third kappa shape index (κ3) is 4.68. The van der Waals surface area contributed by atoms with Gasteiger partial charge >= 0.3 is 6.09 Å². The Morgan fingerprint density at radius 2 is 1.73 bits per heavy atom. The second-order valence-corrected chi connectivity index (χ2v) is 7.51. The van der Waals surface area contributed by atoms with E-state index < -0.39 is 12.3 Å². The number of carboxylic acid groups (broad SMARTS) is 1. The van der Waals surface area contributed by atoms with Gasteiger partial charge in [-0.1, -0.05) is 12.1 Å². The maximum atomic E-state index is 11.0. The molecule has 0 saturated carbocycles. The summed E-state index contributed by atoms with van der Waals surface area (Å²) >= 11 is 0. The zero-order chi connectivity index (χ0) is 18.5. The fourth-order valence-electron chi connectivity index (χ4n) is 4.21. The van der Waals surface area contributed by atoms with Gasteiger partial charge in [0.25, 0.3) is 0 Å². The Balaban J connectivity index is 1.43. The summed E-state index contributed by atoms with van der Waals surface area (Å²) < 4.78 is 5.22. The molecule has 26 heavy (non-hydrogen) atoms. The lowest BCUT2D eigenvalue weighted by Gasteiger charge is -2.38. The third-order valence-electron chi connectivity index (χ3n) is 5.97. The van der Waals surface area contributed by atoms with E-state index >= 15 is 0 Å². The number of likely N-dealkylation sites (tertiary alicyclic amines) is 2. The van der Waals surface area contributed by atoms with E-state index in [1.54, 1.807) is 7.11 Å². The summed E-state index contributed by atoms with van der Waals surface area (Å²) in [7, 11) is 1.68. The zero-order valence-corrected chi connectivity index (χ0v) is 15.5. The number of ether oxygens (including phenoxy) is 1. The van der Waals surface area contributed by atoms with Crippen LogP contribution in [0.5, 0.6) is 5.75 Å². The fourth-order valence-corrected chi connectivity index (χ4v) is 4.21. The first kappa shape index (κ1) is 19.0. The molecule has 6 nitrogen and oxygen atoms in total. The monoisotopic (exact) mass is 362 g/mol. The second kappa shape index (κ2) is 8.73. The summed E-state index contributed by atoms with van der Waals surface area (Å²) in [6.07, 6.45) is 3.33. The van der Waals surface area contributed by atoms with Gasteiger partial charge in [-0.2, -0.15) is 0 Å². The van der Waals surface area contributed by atoms with Crippen LogP contribution in [0, 0.1) is 5.92 Å². The van der Waals surface area contributed by atoms with E-state index in [9.17, 15) is 9.90 Å². The predicted molar refractivity (Wildman–Crippen MR) is 99.5 cm³/mol. The van der Waals surface area contributed by atoms with E-state index in [-0.39, 0.29) is 0 Å². The minimum absolute atomic E-state index is 0.409. The van der Waals surface area contributed by atoms with Gasteiger partial charge < -0.3 is 19.8 Å². The Labute approximate surface area is 155 Å². The maximum absolute atomic E-state index is 11.0. The van der Waals surface area contributed by atoms with Crippen LogP contribution in [0.2, 0.25) is 0 Å². The molecule has 1 aromatic carbocycles. The molecule has 0 radical (unpaired) electrons. The molecule has 1 aromatic rings. The van der Waals surface area contributed by atoms with E-state index in [0.29, 0.717) is 24.9 Å². The lowest BCUT2D eigenvalue weighted by Crippen LogP contribution is -2.43. The molecule has 2 saturated heterocycles. The van der Waals surface area contributed by atoms with Crippen molar-refractivity contribution in [3.63, 3.8) is 0 Å². The van der Waals surface area contributed by atoms with Crippen molar-refractivity contribution in [2.75, 3.05) is 33.3 Å². The zero-order valence-electron chi connectivity index (χ0n) is 15.5. The molecule has 6 heteroatoms. The number of carbonyl (C=O) groups is 1. The maximum Gasteiger partial charge on any atom is 0.407 e. The highest BCUT2D eigenvalue weighted by Gasteiger charge is 2.29. The molecule has 0 aromatic heterocycles. The molecule has 3 rings (SSSR count). The minimum atomic E-state index is -0.829. The number of benzene rings is 1. The van der Waals surface area contributed by atoms with Crippen molar-refractivity contribution in [2.24, 2.45) is 5.92 Å². The van der Waals surface area contributed by atoms with Gasteiger partial charge in [0.1, 0.15) is 12.0 Å². The first-order valence-corrected chi connectivity index (χ1v) is 9.60. The van der Waals surface area contributed by atoms with E-state index in [2.05, 4.69) is 17.0 Å². The Morgan fingerprint density at radius 3 is 2.27 bits per heavy atom. The van der Waals surface area contributed by atoms with Gasteiger partial charge in [-0.15, -0.1) is 0 Å². The summed E-state index contributed by atoms with van der Waals surface area (Å²) in [4.78, 5) is 14.6. The number of methoxy groups -OCH3 is 1. The molecule has 1 unspecified atom stereocenters. The van der Waals surface area contributed by atoms with E-state index in [4.69, 9.17) is 9.84 Å². The number of nitrogens with zero attached hydrogens (tertiary/aromatic N) is 2. The number of hydrogen-bond donors (Lipinski definition) is 2. The summed E-state index contributed by atoms with van der Waals surface area (Å²) in [5, 5.41) is 19.6. The van der Waals surface area contributed by atoms with Crippen LogP contribution in [0.1, 0.15) is 43.6 Å². The SMILES string of the molecule is COc1ccc(C2CCN(C(O)CC3CCN(C(=O)O)CC3)CC2)cc1. The molecule has 2 N–H and O–H groups in total. The quantitative estimate of drug-likeness (QED) is 0.842. The van der Waals surface area contributed by atoms with Crippen LogP contribution >= 0.6 is 0 Å². The highest BCUT2D eigenvalue weighted by molar-refractivity contribution is 5.64. The number of amides is 1. The van der Waals surface area contributed by atoms with Crippen molar-refractivity contribution in [1.29, 1.82) is 0 Å². The molecule has 2 fully saturated rings. The van der Waals surface area contributed by atoms with Crippen molar-refractivity contribution in [2.45, 2.75) is 44.2 Å². The second-order valence-electron chi connectivity index (χ2n) is 7.51. The molecule has 2 heterocycles. The van der Waals surface area contributed by atoms with Gasteiger partial charge in [0.2, 0.25) is 0 Å². The van der Waals surface area contributed by atoms with Crippen LogP contribution in [0.4, 0.5) is 4.79 Å². The summed E-state index contributed by atoms with van der Waals surface area (Å²) in [6.45, 7) is 3.00. The highest BCUT2D eigenvalue weighted by Crippen LogP contribution is 2.31. The van der Waals surface area contributed by atoms with Crippen LogP contribution in [-0.2, 0) is 0 Å². The van der Waals surface area contributed by atoms with Crippen molar-refractivity contribution >= 4 is 6.09 Å². The number of hydrogen-bond acceptors (Lipinski definition) is 4. The molecular formula is C20H30N2O4.